The minimum Gasteiger partial charge on any atom is -0.478 e. The van der Waals surface area contributed by atoms with E-state index in [9.17, 15) is 0 Å². The molecule has 0 unspecified atom stereocenters. The Morgan fingerprint density at radius 2 is 2.23 bits per heavy atom. The normalized spacial score (nSPS) is 15.1. The highest BCUT2D eigenvalue weighted by molar-refractivity contribution is 5.31. The Morgan fingerprint density at radius 3 is 2.95 bits per heavy atom. The summed E-state index contributed by atoms with van der Waals surface area (Å²) >= 11 is 0. The van der Waals surface area contributed by atoms with Gasteiger partial charge in [-0.3, -0.25) is 4.90 Å². The van der Waals surface area contributed by atoms with Crippen molar-refractivity contribution < 1.29 is 9.26 Å². The van der Waals surface area contributed by atoms with Crippen LogP contribution in [0.2, 0.25) is 0 Å². The van der Waals surface area contributed by atoms with Crippen molar-refractivity contribution in [2.75, 3.05) is 13.2 Å². The van der Waals surface area contributed by atoms with Crippen LogP contribution >= 0.6 is 0 Å². The Morgan fingerprint density at radius 1 is 1.36 bits per heavy atom. The van der Waals surface area contributed by atoms with Crippen LogP contribution in [0.3, 0.4) is 0 Å². The fraction of sp³-hybridized carbons (Fsp3) is 0.600. The van der Waals surface area contributed by atoms with Crippen molar-refractivity contribution in [3.05, 3.63) is 29.3 Å². The molecule has 0 saturated heterocycles. The second-order valence-corrected chi connectivity index (χ2v) is 5.70. The second kappa shape index (κ2) is 6.39. The molecular formula is C15H21N5O2. The summed E-state index contributed by atoms with van der Waals surface area (Å²) in [5.74, 6) is 2.37. The average molecular weight is 303 g/mol. The number of hydrogen-bond acceptors (Lipinski definition) is 7. The Bertz CT molecular complexity index is 641. The molecule has 7 nitrogen and oxygen atoms in total. The first kappa shape index (κ1) is 14.9. The van der Waals surface area contributed by atoms with Crippen molar-refractivity contribution in [3.8, 4) is 5.88 Å². The molecule has 2 aromatic heterocycles. The van der Waals surface area contributed by atoms with Gasteiger partial charge in [-0.25, -0.2) is 9.97 Å². The molecule has 3 rings (SSSR count). The summed E-state index contributed by atoms with van der Waals surface area (Å²) in [4.78, 5) is 15.3. The van der Waals surface area contributed by atoms with Crippen molar-refractivity contribution in [2.45, 2.75) is 46.2 Å². The van der Waals surface area contributed by atoms with Crippen LogP contribution in [0.15, 0.2) is 10.9 Å². The number of aromatic nitrogens is 4. The summed E-state index contributed by atoms with van der Waals surface area (Å²) in [5.41, 5.74) is 2.14. The van der Waals surface area contributed by atoms with Gasteiger partial charge in [-0.2, -0.15) is 4.98 Å². The lowest BCUT2D eigenvalue weighted by atomic mass is 10.1. The lowest BCUT2D eigenvalue weighted by molar-refractivity contribution is 0.202. The zero-order valence-electron chi connectivity index (χ0n) is 13.2. The fourth-order valence-corrected chi connectivity index (χ4v) is 2.53. The molecule has 0 aliphatic carbocycles. The summed E-state index contributed by atoms with van der Waals surface area (Å²) in [7, 11) is 0. The van der Waals surface area contributed by atoms with Crippen LogP contribution in [-0.4, -0.2) is 38.2 Å². The highest BCUT2D eigenvalue weighted by Crippen LogP contribution is 2.25. The number of hydrogen-bond donors (Lipinski definition) is 0. The summed E-state index contributed by atoms with van der Waals surface area (Å²) in [6.45, 7) is 8.96. The lowest BCUT2D eigenvalue weighted by Crippen LogP contribution is -2.31. The van der Waals surface area contributed by atoms with Crippen LogP contribution in [0.25, 0.3) is 0 Å². The first-order valence-corrected chi connectivity index (χ1v) is 7.67. The van der Waals surface area contributed by atoms with Crippen LogP contribution in [0.4, 0.5) is 0 Å². The molecular weight excluding hydrogens is 282 g/mol. The summed E-state index contributed by atoms with van der Waals surface area (Å²) in [6, 6.07) is 0. The van der Waals surface area contributed by atoms with E-state index < -0.39 is 0 Å². The van der Waals surface area contributed by atoms with Gasteiger partial charge in [0.25, 0.3) is 0 Å². The number of rotatable bonds is 5. The van der Waals surface area contributed by atoms with E-state index in [4.69, 9.17) is 9.26 Å². The molecule has 118 valence electrons. The highest BCUT2D eigenvalue weighted by atomic mass is 16.5. The smallest absolute Gasteiger partial charge is 0.240 e. The van der Waals surface area contributed by atoms with Gasteiger partial charge in [0.1, 0.15) is 6.33 Å². The molecule has 22 heavy (non-hydrogen) atoms. The number of fused-ring (bicyclic) bond motifs is 1. The van der Waals surface area contributed by atoms with Gasteiger partial charge in [0.2, 0.25) is 11.8 Å². The van der Waals surface area contributed by atoms with Crippen LogP contribution < -0.4 is 4.74 Å². The number of ether oxygens (including phenoxy) is 1. The van der Waals surface area contributed by atoms with E-state index in [2.05, 4.69) is 38.9 Å². The van der Waals surface area contributed by atoms with Crippen molar-refractivity contribution >= 4 is 0 Å². The largest absolute Gasteiger partial charge is 0.478 e. The molecule has 1 aliphatic rings. The zero-order valence-corrected chi connectivity index (χ0v) is 13.2. The monoisotopic (exact) mass is 303 g/mol. The van der Waals surface area contributed by atoms with Crippen molar-refractivity contribution in [2.24, 2.45) is 0 Å². The van der Waals surface area contributed by atoms with Gasteiger partial charge in [-0.15, -0.1) is 0 Å². The van der Waals surface area contributed by atoms with E-state index in [-0.39, 0.29) is 5.92 Å². The minimum atomic E-state index is 0.275. The zero-order chi connectivity index (χ0) is 15.5. The molecule has 0 N–H and O–H groups in total. The van der Waals surface area contributed by atoms with Gasteiger partial charge < -0.3 is 9.26 Å². The summed E-state index contributed by atoms with van der Waals surface area (Å²) < 4.78 is 10.9. The molecule has 0 aromatic carbocycles. The Kier molecular flexibility index (Phi) is 4.33. The van der Waals surface area contributed by atoms with Gasteiger partial charge >= 0.3 is 0 Å². The van der Waals surface area contributed by atoms with Gasteiger partial charge in [0, 0.05) is 31.0 Å². The first-order valence-electron chi connectivity index (χ1n) is 7.67. The third-order valence-corrected chi connectivity index (χ3v) is 3.68. The highest BCUT2D eigenvalue weighted by Gasteiger charge is 2.23. The SMILES string of the molecule is CCOc1ncnc2c1CN(Cc1nc(C(C)C)no1)CC2. The van der Waals surface area contributed by atoms with Crippen molar-refractivity contribution in [1.82, 2.24) is 25.0 Å². The maximum absolute atomic E-state index is 5.61. The van der Waals surface area contributed by atoms with Gasteiger partial charge in [0.05, 0.1) is 18.8 Å². The van der Waals surface area contributed by atoms with Crippen LogP contribution in [0, 0.1) is 0 Å². The molecule has 0 bridgehead atoms. The van der Waals surface area contributed by atoms with Crippen LogP contribution in [0.5, 0.6) is 5.88 Å². The Hall–Kier alpha value is -2.02. The topological polar surface area (TPSA) is 77.2 Å². The van der Waals surface area contributed by atoms with Crippen molar-refractivity contribution in [1.29, 1.82) is 0 Å². The van der Waals surface area contributed by atoms with E-state index in [1.165, 1.54) is 0 Å². The fourth-order valence-electron chi connectivity index (χ4n) is 2.53. The molecule has 7 heteroatoms. The van der Waals surface area contributed by atoms with Crippen LogP contribution in [0.1, 0.15) is 49.7 Å². The van der Waals surface area contributed by atoms with Crippen molar-refractivity contribution in [3.63, 3.8) is 0 Å². The average Bonchev–Trinajstić information content (AvgIpc) is 2.97. The molecule has 0 fully saturated rings. The van der Waals surface area contributed by atoms with E-state index in [1.54, 1.807) is 6.33 Å². The van der Waals surface area contributed by atoms with E-state index in [0.29, 0.717) is 24.9 Å². The second-order valence-electron chi connectivity index (χ2n) is 5.70. The van der Waals surface area contributed by atoms with E-state index in [1.807, 2.05) is 6.92 Å². The quantitative estimate of drug-likeness (QED) is 0.835. The Labute approximate surface area is 129 Å². The van der Waals surface area contributed by atoms with E-state index >= 15 is 0 Å². The minimum absolute atomic E-state index is 0.275. The predicted molar refractivity (Wildman–Crippen MR) is 79.4 cm³/mol. The molecule has 2 aromatic rings. The molecule has 0 amide bonds. The van der Waals surface area contributed by atoms with Gasteiger partial charge in [0.15, 0.2) is 5.82 Å². The van der Waals surface area contributed by atoms with Gasteiger partial charge in [-0.1, -0.05) is 19.0 Å². The third kappa shape index (κ3) is 3.09. The Balaban J connectivity index is 1.73. The summed E-state index contributed by atoms with van der Waals surface area (Å²) in [5, 5.41) is 4.01. The standard InChI is InChI=1S/C15H21N5O2/c1-4-21-15-11-7-20(6-5-12(11)16-9-17-15)8-13-18-14(10(2)3)19-22-13/h9-10H,4-8H2,1-3H3. The number of nitrogens with zero attached hydrogens (tertiary/aromatic N) is 5. The molecule has 0 saturated carbocycles. The molecule has 0 spiro atoms. The summed E-state index contributed by atoms with van der Waals surface area (Å²) in [6.07, 6.45) is 2.45. The maximum Gasteiger partial charge on any atom is 0.240 e. The third-order valence-electron chi connectivity index (χ3n) is 3.68. The van der Waals surface area contributed by atoms with E-state index in [0.717, 1.165) is 36.6 Å². The lowest BCUT2D eigenvalue weighted by Gasteiger charge is -2.27. The maximum atomic E-state index is 5.61. The first-order chi connectivity index (χ1) is 10.7. The molecule has 1 aliphatic heterocycles. The van der Waals surface area contributed by atoms with Crippen LogP contribution in [-0.2, 0) is 19.5 Å². The molecule has 3 heterocycles. The molecule has 0 atom stereocenters. The predicted octanol–water partition coefficient (Wildman–Crippen LogP) is 1.94. The van der Waals surface area contributed by atoms with Gasteiger partial charge in [-0.05, 0) is 6.92 Å². The molecule has 0 radical (unpaired) electrons.